The molecule has 6 heteroatoms. The van der Waals surface area contributed by atoms with Crippen molar-refractivity contribution < 1.29 is 19.4 Å². The molecule has 76 valence electrons. The Kier molecular flexibility index (Phi) is 3.32. The zero-order valence-corrected chi connectivity index (χ0v) is 8.31. The number of aromatic nitrogens is 1. The third kappa shape index (κ3) is 2.37. The topological polar surface area (TPSA) is 71.8 Å². The van der Waals surface area contributed by atoms with E-state index in [2.05, 4.69) is 4.98 Å². The molecule has 5 nitrogen and oxygen atoms in total. The molecule has 0 spiro atoms. The minimum absolute atomic E-state index is 0.244. The van der Waals surface area contributed by atoms with Crippen molar-refractivity contribution >= 4 is 7.32 Å². The van der Waals surface area contributed by atoms with E-state index in [4.69, 9.17) is 19.4 Å². The van der Waals surface area contributed by atoms with E-state index >= 15 is 0 Å². The molecule has 0 bridgehead atoms. The van der Waals surface area contributed by atoms with Crippen molar-refractivity contribution in [3.63, 3.8) is 0 Å². The van der Waals surface area contributed by atoms with E-state index < -0.39 is 7.32 Å². The van der Waals surface area contributed by atoms with Crippen molar-refractivity contribution in [2.24, 2.45) is 0 Å². The Balaban J connectivity index is 3.11. The molecule has 0 aliphatic rings. The van der Waals surface area contributed by atoms with Crippen molar-refractivity contribution in [2.45, 2.75) is 13.8 Å². The summed E-state index contributed by atoms with van der Waals surface area (Å²) in [5, 5.41) is 17.3. The Morgan fingerprint density at radius 1 is 1.36 bits per heavy atom. The monoisotopic (exact) mass is 197 g/mol. The van der Waals surface area contributed by atoms with Crippen LogP contribution in [0.1, 0.15) is 11.3 Å². The van der Waals surface area contributed by atoms with Crippen LogP contribution < -0.4 is 9.39 Å². The van der Waals surface area contributed by atoms with Gasteiger partial charge >= 0.3 is 7.32 Å². The highest BCUT2D eigenvalue weighted by Crippen LogP contribution is 2.29. The normalized spacial score (nSPS) is 9.79. The van der Waals surface area contributed by atoms with Gasteiger partial charge in [-0.2, -0.15) is 0 Å². The van der Waals surface area contributed by atoms with Crippen molar-refractivity contribution in [3.8, 4) is 11.6 Å². The number of aryl methyl sites for hydroxylation is 2. The Bertz CT molecular complexity index is 329. The van der Waals surface area contributed by atoms with Gasteiger partial charge in [-0.1, -0.05) is 0 Å². The van der Waals surface area contributed by atoms with E-state index in [1.54, 1.807) is 13.0 Å². The van der Waals surface area contributed by atoms with Crippen LogP contribution in [0.15, 0.2) is 6.07 Å². The van der Waals surface area contributed by atoms with Crippen molar-refractivity contribution in [3.05, 3.63) is 17.3 Å². The van der Waals surface area contributed by atoms with E-state index in [-0.39, 0.29) is 11.6 Å². The number of nitrogens with zero attached hydrogens (tertiary/aromatic N) is 1. The van der Waals surface area contributed by atoms with E-state index in [0.29, 0.717) is 0 Å². The summed E-state index contributed by atoms with van der Waals surface area (Å²) in [6.45, 7) is 3.59. The molecule has 0 unspecified atom stereocenters. The molecule has 0 fully saturated rings. The number of methoxy groups -OCH3 is 1. The summed E-state index contributed by atoms with van der Waals surface area (Å²) in [4.78, 5) is 4.04. The first kappa shape index (κ1) is 10.8. The van der Waals surface area contributed by atoms with Crippen LogP contribution in [0, 0.1) is 13.8 Å². The van der Waals surface area contributed by atoms with Gasteiger partial charge in [-0.3, -0.25) is 0 Å². The summed E-state index contributed by atoms with van der Waals surface area (Å²) in [5.41, 5.74) is 1.52. The summed E-state index contributed by atoms with van der Waals surface area (Å²) in [5.74, 6) is 0.490. The first-order valence-corrected chi connectivity index (χ1v) is 4.09. The van der Waals surface area contributed by atoms with Crippen LogP contribution >= 0.6 is 0 Å². The Hall–Kier alpha value is -1.27. The second-order valence-corrected chi connectivity index (χ2v) is 2.86. The second kappa shape index (κ2) is 4.30. The van der Waals surface area contributed by atoms with E-state index in [1.807, 2.05) is 6.92 Å². The molecule has 0 saturated heterocycles. The molecule has 1 aromatic heterocycles. The average Bonchev–Trinajstić information content (AvgIpc) is 2.08. The summed E-state index contributed by atoms with van der Waals surface area (Å²) >= 11 is 0. The minimum atomic E-state index is -1.87. The lowest BCUT2D eigenvalue weighted by molar-refractivity contribution is 0.275. The van der Waals surface area contributed by atoms with Crippen molar-refractivity contribution in [2.75, 3.05) is 7.11 Å². The highest BCUT2D eigenvalue weighted by Gasteiger charge is 2.18. The van der Waals surface area contributed by atoms with Crippen LogP contribution in [0.5, 0.6) is 11.6 Å². The fourth-order valence-electron chi connectivity index (χ4n) is 1.18. The van der Waals surface area contributed by atoms with Gasteiger partial charge in [0.1, 0.15) is 0 Å². The molecule has 0 aliphatic carbocycles. The summed E-state index contributed by atoms with van der Waals surface area (Å²) in [6, 6.07) is 1.76. The van der Waals surface area contributed by atoms with Crippen LogP contribution in [0.3, 0.4) is 0 Å². The predicted molar refractivity (Wildman–Crippen MR) is 51.1 cm³/mol. The first-order valence-electron chi connectivity index (χ1n) is 4.09. The number of hydrogen-bond donors (Lipinski definition) is 2. The molecular formula is C8H12BNO4. The Morgan fingerprint density at radius 2 is 2.00 bits per heavy atom. The maximum atomic E-state index is 8.67. The van der Waals surface area contributed by atoms with Crippen LogP contribution in [0.4, 0.5) is 0 Å². The Morgan fingerprint density at radius 3 is 2.50 bits per heavy atom. The molecule has 0 aromatic carbocycles. The molecule has 0 aliphatic heterocycles. The minimum Gasteiger partial charge on any atom is -0.508 e. The molecule has 14 heavy (non-hydrogen) atoms. The van der Waals surface area contributed by atoms with Gasteiger partial charge in [-0.15, -0.1) is 0 Å². The lowest BCUT2D eigenvalue weighted by atomic mass is 10.2. The second-order valence-electron chi connectivity index (χ2n) is 2.86. The number of rotatable bonds is 3. The van der Waals surface area contributed by atoms with Gasteiger partial charge in [0.05, 0.1) is 7.11 Å². The zero-order valence-electron chi connectivity index (χ0n) is 8.31. The first-order chi connectivity index (χ1) is 6.54. The smallest absolute Gasteiger partial charge is 0.508 e. The van der Waals surface area contributed by atoms with Crippen LogP contribution in [-0.4, -0.2) is 29.5 Å². The average molecular weight is 197 g/mol. The molecule has 2 N–H and O–H groups in total. The van der Waals surface area contributed by atoms with Gasteiger partial charge in [0, 0.05) is 5.69 Å². The molecular weight excluding hydrogens is 185 g/mol. The van der Waals surface area contributed by atoms with Gasteiger partial charge in [-0.25, -0.2) is 4.98 Å². The van der Waals surface area contributed by atoms with Crippen molar-refractivity contribution in [1.82, 2.24) is 4.98 Å². The lowest BCUT2D eigenvalue weighted by Gasteiger charge is -2.12. The fraction of sp³-hybridized carbons (Fsp3) is 0.375. The SMILES string of the molecule is COc1nc(C)cc(C)c1OB(O)O. The quantitative estimate of drug-likeness (QED) is 0.670. The fourth-order valence-corrected chi connectivity index (χ4v) is 1.18. The highest BCUT2D eigenvalue weighted by atomic mass is 16.6. The lowest BCUT2D eigenvalue weighted by Crippen LogP contribution is -2.21. The summed E-state index contributed by atoms with van der Waals surface area (Å²) in [7, 11) is -0.426. The molecule has 1 rings (SSSR count). The summed E-state index contributed by atoms with van der Waals surface area (Å²) in [6.07, 6.45) is 0. The van der Waals surface area contributed by atoms with Crippen LogP contribution in [0.25, 0.3) is 0 Å². The van der Waals surface area contributed by atoms with Crippen LogP contribution in [-0.2, 0) is 0 Å². The van der Waals surface area contributed by atoms with Gasteiger partial charge in [0.15, 0.2) is 5.75 Å². The molecule has 0 saturated carbocycles. The van der Waals surface area contributed by atoms with E-state index in [9.17, 15) is 0 Å². The molecule has 1 aromatic rings. The largest absolute Gasteiger partial charge is 0.707 e. The van der Waals surface area contributed by atoms with E-state index in [0.717, 1.165) is 11.3 Å². The maximum absolute atomic E-state index is 8.67. The predicted octanol–water partition coefficient (Wildman–Crippen LogP) is 0.0553. The third-order valence-corrected chi connectivity index (χ3v) is 1.67. The van der Waals surface area contributed by atoms with E-state index in [1.165, 1.54) is 7.11 Å². The number of hydrogen-bond acceptors (Lipinski definition) is 5. The number of ether oxygens (including phenoxy) is 1. The number of pyridine rings is 1. The molecule has 0 atom stereocenters. The third-order valence-electron chi connectivity index (χ3n) is 1.67. The molecule has 1 heterocycles. The zero-order chi connectivity index (χ0) is 10.7. The van der Waals surface area contributed by atoms with Crippen molar-refractivity contribution in [1.29, 1.82) is 0 Å². The molecule has 0 radical (unpaired) electrons. The standard InChI is InChI=1S/C8H12BNO4/c1-5-4-6(2)10-8(13-3)7(5)14-9(11)12/h4,11-12H,1-3H3. The van der Waals surface area contributed by atoms with Gasteiger partial charge < -0.3 is 19.4 Å². The Labute approximate surface area is 82.5 Å². The van der Waals surface area contributed by atoms with Gasteiger partial charge in [-0.05, 0) is 25.5 Å². The molecule has 0 amide bonds. The summed E-state index contributed by atoms with van der Waals surface area (Å²) < 4.78 is 9.70. The van der Waals surface area contributed by atoms with Gasteiger partial charge in [0.2, 0.25) is 0 Å². The van der Waals surface area contributed by atoms with Gasteiger partial charge in [0.25, 0.3) is 5.88 Å². The maximum Gasteiger partial charge on any atom is 0.707 e. The van der Waals surface area contributed by atoms with Crippen LogP contribution in [0.2, 0.25) is 0 Å². The highest BCUT2D eigenvalue weighted by molar-refractivity contribution is 6.33.